The molecule has 1 atom stereocenters. The zero-order valence-electron chi connectivity index (χ0n) is 19.9. The molecular weight excluding hydrogens is 420 g/mol. The molecule has 0 spiro atoms. The third kappa shape index (κ3) is 5.54. The molecule has 1 amide bonds. The number of carbonyl (C=O) groups excluding carboxylic acids is 2. The highest BCUT2D eigenvalue weighted by molar-refractivity contribution is 6.46. The van der Waals surface area contributed by atoms with Crippen LogP contribution in [0.25, 0.3) is 5.76 Å². The Morgan fingerprint density at radius 3 is 2.45 bits per heavy atom. The minimum absolute atomic E-state index is 0.0414. The summed E-state index contributed by atoms with van der Waals surface area (Å²) < 4.78 is 11.4. The van der Waals surface area contributed by atoms with Crippen molar-refractivity contribution >= 4 is 17.4 Å². The van der Waals surface area contributed by atoms with Crippen LogP contribution in [0.4, 0.5) is 0 Å². The van der Waals surface area contributed by atoms with Crippen molar-refractivity contribution in [1.82, 2.24) is 9.80 Å². The Balaban J connectivity index is 2.13. The second kappa shape index (κ2) is 10.5. The molecule has 0 aromatic heterocycles. The lowest BCUT2D eigenvalue weighted by molar-refractivity contribution is -0.140. The van der Waals surface area contributed by atoms with Crippen LogP contribution in [0.2, 0.25) is 0 Å². The number of hydrogen-bond acceptors (Lipinski definition) is 6. The van der Waals surface area contributed by atoms with E-state index in [9.17, 15) is 14.7 Å². The summed E-state index contributed by atoms with van der Waals surface area (Å²) >= 11 is 0. The molecule has 7 nitrogen and oxygen atoms in total. The van der Waals surface area contributed by atoms with E-state index >= 15 is 0 Å². The van der Waals surface area contributed by atoms with Crippen molar-refractivity contribution in [2.75, 3.05) is 33.8 Å². The zero-order chi connectivity index (χ0) is 24.1. The van der Waals surface area contributed by atoms with Crippen LogP contribution in [-0.4, -0.2) is 66.5 Å². The first-order valence-corrected chi connectivity index (χ1v) is 11.2. The highest BCUT2D eigenvalue weighted by Crippen LogP contribution is 2.40. The van der Waals surface area contributed by atoms with E-state index in [0.29, 0.717) is 42.3 Å². The minimum atomic E-state index is -0.722. The summed E-state index contributed by atoms with van der Waals surface area (Å²) in [5.74, 6) is -0.332. The number of hydrogen-bond donors (Lipinski definition) is 1. The molecule has 33 heavy (non-hydrogen) atoms. The van der Waals surface area contributed by atoms with Gasteiger partial charge in [-0.1, -0.05) is 24.3 Å². The van der Waals surface area contributed by atoms with Gasteiger partial charge in [0.05, 0.1) is 24.3 Å². The summed E-state index contributed by atoms with van der Waals surface area (Å²) in [4.78, 5) is 29.6. The molecule has 0 radical (unpaired) electrons. The largest absolute Gasteiger partial charge is 0.507 e. The minimum Gasteiger partial charge on any atom is -0.507 e. The van der Waals surface area contributed by atoms with Gasteiger partial charge < -0.3 is 24.4 Å². The van der Waals surface area contributed by atoms with Crippen molar-refractivity contribution in [1.29, 1.82) is 0 Å². The van der Waals surface area contributed by atoms with Gasteiger partial charge in [0.15, 0.2) is 0 Å². The lowest BCUT2D eigenvalue weighted by atomic mass is 9.95. The van der Waals surface area contributed by atoms with Crippen LogP contribution in [0.15, 0.2) is 54.1 Å². The monoisotopic (exact) mass is 452 g/mol. The van der Waals surface area contributed by atoms with Gasteiger partial charge in [-0.15, -0.1) is 0 Å². The van der Waals surface area contributed by atoms with Crippen molar-refractivity contribution in [3.63, 3.8) is 0 Å². The van der Waals surface area contributed by atoms with E-state index in [1.54, 1.807) is 24.3 Å². The fourth-order valence-corrected chi connectivity index (χ4v) is 3.85. The van der Waals surface area contributed by atoms with Crippen LogP contribution in [0, 0.1) is 0 Å². The Bertz CT molecular complexity index is 1040. The fraction of sp³-hybridized carbons (Fsp3) is 0.385. The molecule has 1 N–H and O–H groups in total. The summed E-state index contributed by atoms with van der Waals surface area (Å²) in [5, 5.41) is 11.2. The highest BCUT2D eigenvalue weighted by atomic mass is 16.5. The van der Waals surface area contributed by atoms with E-state index in [4.69, 9.17) is 9.47 Å². The number of ketones is 1. The van der Waals surface area contributed by atoms with Crippen LogP contribution >= 0.6 is 0 Å². The smallest absolute Gasteiger partial charge is 0.295 e. The number of benzene rings is 2. The molecule has 1 heterocycles. The van der Waals surface area contributed by atoms with Crippen molar-refractivity contribution in [3.8, 4) is 11.5 Å². The van der Waals surface area contributed by atoms with E-state index in [0.717, 1.165) is 0 Å². The molecule has 0 saturated carbocycles. The second-order valence-electron chi connectivity index (χ2n) is 8.50. The lowest BCUT2D eigenvalue weighted by Gasteiger charge is -2.27. The molecule has 7 heteroatoms. The number of nitrogens with zero attached hydrogens (tertiary/aromatic N) is 2. The number of likely N-dealkylation sites (tertiary alicyclic amines) is 1. The van der Waals surface area contributed by atoms with Crippen LogP contribution in [0.1, 0.15) is 37.9 Å². The molecule has 1 unspecified atom stereocenters. The van der Waals surface area contributed by atoms with Gasteiger partial charge in [-0.3, -0.25) is 9.59 Å². The molecule has 0 aliphatic carbocycles. The van der Waals surface area contributed by atoms with E-state index in [1.165, 1.54) is 4.90 Å². The number of ether oxygens (including phenoxy) is 2. The first-order chi connectivity index (χ1) is 15.7. The van der Waals surface area contributed by atoms with Crippen LogP contribution < -0.4 is 9.47 Å². The van der Waals surface area contributed by atoms with Gasteiger partial charge in [0.2, 0.25) is 0 Å². The standard InChI is InChI=1S/C26H32N2O5/c1-6-32-20-11-7-9-18(15-20)23-22(25(30)26(31)28(23)14-13-27(4)5)24(29)19-10-8-12-21(16-19)33-17(2)3/h7-12,15-17,23,29H,6,13-14H2,1-5H3/b24-22-. The van der Waals surface area contributed by atoms with Crippen LogP contribution in [0.3, 0.4) is 0 Å². The fourth-order valence-electron chi connectivity index (χ4n) is 3.85. The van der Waals surface area contributed by atoms with Crippen molar-refractivity contribution in [3.05, 3.63) is 65.2 Å². The third-order valence-corrected chi connectivity index (χ3v) is 5.29. The van der Waals surface area contributed by atoms with Gasteiger partial charge in [0.25, 0.3) is 11.7 Å². The first kappa shape index (κ1) is 24.3. The molecule has 2 aromatic rings. The van der Waals surface area contributed by atoms with Gasteiger partial charge in [0, 0.05) is 18.7 Å². The molecular formula is C26H32N2O5. The average molecular weight is 453 g/mol. The molecule has 176 valence electrons. The number of aliphatic hydroxyl groups is 1. The SMILES string of the molecule is CCOc1cccc(C2/C(=C(/O)c3cccc(OC(C)C)c3)C(=O)C(=O)N2CCN(C)C)c1. The number of aliphatic hydroxyl groups excluding tert-OH is 1. The molecule has 1 aliphatic rings. The topological polar surface area (TPSA) is 79.3 Å². The molecule has 0 bridgehead atoms. The molecule has 1 aliphatic heterocycles. The third-order valence-electron chi connectivity index (χ3n) is 5.29. The number of Topliss-reactive ketones (excluding diaryl/α,β-unsaturated/α-hetero) is 1. The second-order valence-corrected chi connectivity index (χ2v) is 8.50. The normalized spacial score (nSPS) is 17.8. The van der Waals surface area contributed by atoms with Crippen molar-refractivity contribution < 1.29 is 24.2 Å². The van der Waals surface area contributed by atoms with Crippen molar-refractivity contribution in [2.45, 2.75) is 32.9 Å². The molecule has 2 aromatic carbocycles. The van der Waals surface area contributed by atoms with Gasteiger partial charge in [-0.25, -0.2) is 0 Å². The molecule has 1 fully saturated rings. The van der Waals surface area contributed by atoms with Crippen LogP contribution in [-0.2, 0) is 9.59 Å². The molecule has 1 saturated heterocycles. The lowest BCUT2D eigenvalue weighted by Crippen LogP contribution is -2.35. The predicted octanol–water partition coefficient (Wildman–Crippen LogP) is 3.86. The Hall–Kier alpha value is -3.32. The van der Waals surface area contributed by atoms with E-state index < -0.39 is 17.7 Å². The maximum Gasteiger partial charge on any atom is 0.295 e. The van der Waals surface area contributed by atoms with Crippen LogP contribution in [0.5, 0.6) is 11.5 Å². The Morgan fingerprint density at radius 1 is 1.09 bits per heavy atom. The number of rotatable bonds is 9. The quantitative estimate of drug-likeness (QED) is 0.354. The Morgan fingerprint density at radius 2 is 1.79 bits per heavy atom. The van der Waals surface area contributed by atoms with Crippen molar-refractivity contribution in [2.24, 2.45) is 0 Å². The summed E-state index contributed by atoms with van der Waals surface area (Å²) in [6.07, 6.45) is -0.0414. The maximum atomic E-state index is 13.1. The predicted molar refractivity (Wildman–Crippen MR) is 127 cm³/mol. The first-order valence-electron chi connectivity index (χ1n) is 11.2. The van der Waals surface area contributed by atoms with Gasteiger partial charge in [-0.2, -0.15) is 0 Å². The van der Waals surface area contributed by atoms with E-state index in [-0.39, 0.29) is 17.4 Å². The zero-order valence-corrected chi connectivity index (χ0v) is 19.9. The number of amides is 1. The summed E-state index contributed by atoms with van der Waals surface area (Å²) in [5.41, 5.74) is 1.19. The summed E-state index contributed by atoms with van der Waals surface area (Å²) in [7, 11) is 3.81. The van der Waals surface area contributed by atoms with Gasteiger partial charge in [-0.05, 0) is 64.7 Å². The van der Waals surface area contributed by atoms with Gasteiger partial charge >= 0.3 is 0 Å². The number of carbonyl (C=O) groups is 2. The van der Waals surface area contributed by atoms with E-state index in [1.807, 2.05) is 64.0 Å². The Kier molecular flexibility index (Phi) is 7.76. The maximum absolute atomic E-state index is 13.1. The Labute approximate surface area is 195 Å². The molecule has 3 rings (SSSR count). The summed E-state index contributed by atoms with van der Waals surface area (Å²) in [6, 6.07) is 13.5. The average Bonchev–Trinajstić information content (AvgIpc) is 3.02. The van der Waals surface area contributed by atoms with E-state index in [2.05, 4.69) is 0 Å². The summed E-state index contributed by atoms with van der Waals surface area (Å²) in [6.45, 7) is 7.12. The highest BCUT2D eigenvalue weighted by Gasteiger charge is 2.46. The van der Waals surface area contributed by atoms with Gasteiger partial charge in [0.1, 0.15) is 17.3 Å². The number of likely N-dealkylation sites (N-methyl/N-ethyl adjacent to an activating group) is 1.